The van der Waals surface area contributed by atoms with Crippen LogP contribution in [0.25, 0.3) is 0 Å². The zero-order valence-corrected chi connectivity index (χ0v) is 52.0. The van der Waals surface area contributed by atoms with Crippen LogP contribution in [0.2, 0.25) is 0 Å². The molecule has 3 aliphatic heterocycles. The molecule has 3 heterocycles. The Morgan fingerprint density at radius 3 is 1.06 bits per heavy atom. The van der Waals surface area contributed by atoms with Crippen molar-refractivity contribution in [1.29, 1.82) is 0 Å². The summed E-state index contributed by atoms with van der Waals surface area (Å²) in [5.41, 5.74) is -1.20. The van der Waals surface area contributed by atoms with Crippen LogP contribution in [0.3, 0.4) is 0 Å². The van der Waals surface area contributed by atoms with Crippen molar-refractivity contribution in [3.63, 3.8) is 0 Å². The van der Waals surface area contributed by atoms with E-state index in [1.165, 1.54) is 6.92 Å². The minimum absolute atomic E-state index is 0.117. The normalized spacial score (nSPS) is 31.2. The predicted octanol–water partition coefficient (Wildman–Crippen LogP) is 0.777. The summed E-state index contributed by atoms with van der Waals surface area (Å²) in [4.78, 5) is 42.7. The van der Waals surface area contributed by atoms with Crippen molar-refractivity contribution in [2.24, 2.45) is 23.2 Å². The van der Waals surface area contributed by atoms with Gasteiger partial charge in [-0.3, -0.25) is 31.9 Å². The first kappa shape index (κ1) is 78.3. The molecule has 85 heavy (non-hydrogen) atoms. The van der Waals surface area contributed by atoms with Crippen LogP contribution in [0, 0.1) is 23.2 Å². The molecule has 3 rings (SSSR count). The van der Waals surface area contributed by atoms with E-state index in [4.69, 9.17) is 69.8 Å². The average Bonchev–Trinajstić information content (AvgIpc) is 3.48. The summed E-state index contributed by atoms with van der Waals surface area (Å²) in [6.45, 7) is 3.47. The number of rotatable bonds is 47. The van der Waals surface area contributed by atoms with Gasteiger partial charge >= 0.3 is 23.5 Å². The molecule has 32 nitrogen and oxygen atoms in total. The van der Waals surface area contributed by atoms with Crippen LogP contribution >= 0.6 is 23.5 Å². The summed E-state index contributed by atoms with van der Waals surface area (Å²) >= 11 is 0. The molecule has 0 radical (unpaired) electrons. The fraction of sp³-hybridized carbons (Fsp3) is 0.980. The number of ether oxygens (including phenoxy) is 9. The molecular weight excluding hydrogens is 1200 g/mol. The third-order valence-electron chi connectivity index (χ3n) is 14.6. The van der Waals surface area contributed by atoms with Crippen molar-refractivity contribution in [3.05, 3.63) is 0 Å². The Bertz CT molecular complexity index is 1870. The second kappa shape index (κ2) is 40.8. The second-order valence-electron chi connectivity index (χ2n) is 21.6. The minimum Gasteiger partial charge on any atom is -0.394 e. The van der Waals surface area contributed by atoms with Crippen molar-refractivity contribution in [2.75, 3.05) is 99.7 Å². The average molecular weight is 1300 g/mol. The van der Waals surface area contributed by atoms with Gasteiger partial charge in [0.2, 0.25) is 5.91 Å². The maximum atomic E-state index is 12.8. The van der Waals surface area contributed by atoms with Gasteiger partial charge in [-0.2, -0.15) is 0 Å². The summed E-state index contributed by atoms with van der Waals surface area (Å²) < 4.78 is 119. The Morgan fingerprint density at radius 2 is 0.753 bits per heavy atom. The standard InChI is InChI=1S/C50H98NO31P3/c1-33(2)50(27-68-30-77-83(62,63)74-21-15-9-6-12-18-71-47-34(3)41(56)43(58)37(24-52)80-47,28-69-31-78-84(64,65)75-22-16-10-7-13-19-72-48-35(4)42(57)44(59)38(25-53)81-48)29-70-32-79-85(66,67)76-23-17-11-8-14-20-73-49-40(51-36(5)55)46(61)45(60)39(26-54)82-49/h33-35,37-49,52-54,56-61H,6-32H2,1-5H3,(H,51,55)(H,62,63)(H,64,65)(H,66,67)/t34?,35?,37?,38?,39?,40?,41-,42-,43+,44+,45+,46-,47-,48-,49-,50?/m1/s1. The van der Waals surface area contributed by atoms with Crippen molar-refractivity contribution in [3.8, 4) is 0 Å². The molecule has 3 saturated heterocycles. The maximum Gasteiger partial charge on any atom is 0.474 e. The lowest BCUT2D eigenvalue weighted by Crippen LogP contribution is -2.64. The highest BCUT2D eigenvalue weighted by Gasteiger charge is 2.46. The fourth-order valence-corrected chi connectivity index (χ4v) is 11.0. The summed E-state index contributed by atoms with van der Waals surface area (Å²) in [5.74, 6) is -1.96. The van der Waals surface area contributed by atoms with Crippen molar-refractivity contribution < 1.29 is 149 Å². The smallest absolute Gasteiger partial charge is 0.394 e. The number of phosphoric ester groups is 3. The number of hydrogen-bond donors (Lipinski definition) is 13. The van der Waals surface area contributed by atoms with Gasteiger partial charge in [0.25, 0.3) is 0 Å². The van der Waals surface area contributed by atoms with E-state index < -0.39 is 173 Å². The van der Waals surface area contributed by atoms with Gasteiger partial charge in [-0.05, 0) is 44.4 Å². The molecule has 504 valence electrons. The largest absolute Gasteiger partial charge is 0.474 e. The van der Waals surface area contributed by atoms with Gasteiger partial charge in [0.05, 0.1) is 71.7 Å². The van der Waals surface area contributed by atoms with Crippen LogP contribution in [0.5, 0.6) is 0 Å². The van der Waals surface area contributed by atoms with Crippen molar-refractivity contribution in [1.82, 2.24) is 5.32 Å². The SMILES string of the molecule is CC(=O)NC1[C@H](OCCCCCCOP(=O)(O)OCOCC(COCOP(=O)(O)OCCCCCCO[C@@H]2OC(CO)[C@H](O)[C@H](O)C2C)(COCOP(=O)(O)OCCCCCCO[C@@H]2OC(CO)[C@H](O)[C@H](O)C2C)C(C)C)OC(CO)[C@H](O)[C@@H]1O. The first-order chi connectivity index (χ1) is 40.2. The Labute approximate surface area is 496 Å². The fourth-order valence-electron chi connectivity index (χ4n) is 9.03. The van der Waals surface area contributed by atoms with Crippen LogP contribution in [0.4, 0.5) is 0 Å². The van der Waals surface area contributed by atoms with Gasteiger partial charge in [0.15, 0.2) is 39.2 Å². The lowest BCUT2D eigenvalue weighted by molar-refractivity contribution is -0.282. The Kier molecular flexibility index (Phi) is 37.6. The highest BCUT2D eigenvalue weighted by Crippen LogP contribution is 2.46. The highest BCUT2D eigenvalue weighted by molar-refractivity contribution is 7.47. The molecule has 0 aromatic heterocycles. The van der Waals surface area contributed by atoms with Gasteiger partial charge in [0.1, 0.15) is 48.8 Å². The van der Waals surface area contributed by atoms with Gasteiger partial charge in [-0.15, -0.1) is 0 Å². The molecule has 13 N–H and O–H groups in total. The third-order valence-corrected chi connectivity index (χ3v) is 17.5. The molecule has 35 heteroatoms. The molecule has 3 fully saturated rings. The van der Waals surface area contributed by atoms with E-state index in [1.54, 1.807) is 27.7 Å². The lowest BCUT2D eigenvalue weighted by atomic mass is 9.79. The number of phosphoric acid groups is 3. The molecule has 18 atom stereocenters. The molecule has 0 saturated carbocycles. The molecule has 0 aliphatic carbocycles. The first-order valence-electron chi connectivity index (χ1n) is 28.8. The number of nitrogens with one attached hydrogen (secondary N) is 1. The topological polar surface area (TPSA) is 462 Å². The van der Waals surface area contributed by atoms with Gasteiger partial charge in [-0.1, -0.05) is 66.2 Å². The number of unbranched alkanes of at least 4 members (excludes halogenated alkanes) is 9. The Hall–Kier alpha value is -0.920. The van der Waals surface area contributed by atoms with Gasteiger partial charge in [0, 0.05) is 44.0 Å². The monoisotopic (exact) mass is 1300 g/mol. The highest BCUT2D eigenvalue weighted by atomic mass is 31.2. The number of aliphatic hydroxyl groups is 9. The molecule has 9 unspecified atom stereocenters. The number of hydrogen-bond acceptors (Lipinski definition) is 28. The van der Waals surface area contributed by atoms with E-state index in [2.05, 4.69) is 5.32 Å². The van der Waals surface area contributed by atoms with Gasteiger partial charge in [-0.25, -0.2) is 13.7 Å². The quantitative estimate of drug-likeness (QED) is 0.0227. The molecule has 1 amide bonds. The van der Waals surface area contributed by atoms with E-state index in [0.717, 1.165) is 0 Å². The van der Waals surface area contributed by atoms with Crippen LogP contribution in [0.1, 0.15) is 112 Å². The number of carbonyl (C=O) groups is 1. The molecular formula is C50H98NO31P3. The molecule has 3 aliphatic rings. The molecule has 0 aromatic rings. The van der Waals surface area contributed by atoms with Crippen LogP contribution in [0.15, 0.2) is 0 Å². The van der Waals surface area contributed by atoms with E-state index in [9.17, 15) is 79.1 Å². The van der Waals surface area contributed by atoms with Crippen molar-refractivity contribution >= 4 is 29.4 Å². The number of aliphatic hydroxyl groups excluding tert-OH is 9. The molecule has 0 bridgehead atoms. The maximum absolute atomic E-state index is 12.8. The summed E-state index contributed by atoms with van der Waals surface area (Å²) in [6.07, 6.45) is -7.26. The molecule has 0 spiro atoms. The van der Waals surface area contributed by atoms with E-state index >= 15 is 0 Å². The van der Waals surface area contributed by atoms with Gasteiger partial charge < -0.3 is 109 Å². The first-order valence-corrected chi connectivity index (χ1v) is 33.3. The van der Waals surface area contributed by atoms with Crippen LogP contribution < -0.4 is 5.32 Å². The summed E-state index contributed by atoms with van der Waals surface area (Å²) in [7, 11) is -13.9. The lowest BCUT2D eigenvalue weighted by Gasteiger charge is -2.42. The summed E-state index contributed by atoms with van der Waals surface area (Å²) in [6, 6.07) is -1.08. The minimum atomic E-state index is -4.65. The number of carbonyl (C=O) groups excluding carboxylic acids is 1. The zero-order valence-electron chi connectivity index (χ0n) is 49.3. The van der Waals surface area contributed by atoms with Crippen LogP contribution in [-0.4, -0.2) is 246 Å². The van der Waals surface area contributed by atoms with E-state index in [0.29, 0.717) is 77.0 Å². The second-order valence-corrected chi connectivity index (χ2v) is 26.0. The van der Waals surface area contributed by atoms with Crippen molar-refractivity contribution in [2.45, 2.75) is 192 Å². The summed E-state index contributed by atoms with van der Waals surface area (Å²) in [5, 5.41) is 92.0. The predicted molar refractivity (Wildman–Crippen MR) is 293 cm³/mol. The molecule has 0 aromatic carbocycles. The third kappa shape index (κ3) is 28.6. The van der Waals surface area contributed by atoms with E-state index in [-0.39, 0.29) is 59.5 Å². The Morgan fingerprint density at radius 1 is 0.459 bits per heavy atom. The number of amides is 1. The van der Waals surface area contributed by atoms with Crippen LogP contribution in [-0.2, 0) is 88.3 Å². The van der Waals surface area contributed by atoms with E-state index in [1.807, 2.05) is 0 Å². The Balaban J connectivity index is 1.43. The zero-order chi connectivity index (χ0) is 63.2.